The molecular weight excluding hydrogens is 324 g/mol. The van der Waals surface area contributed by atoms with Gasteiger partial charge in [-0.25, -0.2) is 15.0 Å². The van der Waals surface area contributed by atoms with Crippen LogP contribution in [0.4, 0.5) is 5.95 Å². The second-order valence-corrected chi connectivity index (χ2v) is 6.30. The molecule has 2 aromatic rings. The predicted molar refractivity (Wildman–Crippen MR) is 87.9 cm³/mol. The number of anilines is 1. The lowest BCUT2D eigenvalue weighted by Gasteiger charge is -2.35. The standard InChI is InChI=1S/C16H20N6O3/c23-12-8-22(9-12)15(24)13-11-25-14(19-13)10-20-4-6-21(7-5-20)16-17-2-1-3-18-16/h1-3,11-12,23H,4-10H2. The van der Waals surface area contributed by atoms with Crippen molar-refractivity contribution in [2.45, 2.75) is 12.6 Å². The van der Waals surface area contributed by atoms with Gasteiger partial charge in [0, 0.05) is 51.7 Å². The molecule has 2 aromatic heterocycles. The Morgan fingerprint density at radius 3 is 2.60 bits per heavy atom. The molecule has 4 rings (SSSR count). The van der Waals surface area contributed by atoms with Crippen LogP contribution in [0, 0.1) is 0 Å². The minimum Gasteiger partial charge on any atom is -0.447 e. The van der Waals surface area contributed by atoms with Gasteiger partial charge in [0.15, 0.2) is 5.69 Å². The molecule has 1 amide bonds. The average Bonchev–Trinajstić information content (AvgIpc) is 3.08. The molecule has 1 N–H and O–H groups in total. The zero-order valence-electron chi connectivity index (χ0n) is 13.8. The summed E-state index contributed by atoms with van der Waals surface area (Å²) in [6, 6.07) is 1.81. The number of carbonyl (C=O) groups is 1. The highest BCUT2D eigenvalue weighted by molar-refractivity contribution is 5.92. The van der Waals surface area contributed by atoms with Crippen LogP contribution >= 0.6 is 0 Å². The lowest BCUT2D eigenvalue weighted by atomic mass is 10.1. The number of aliphatic hydroxyl groups excluding tert-OH is 1. The summed E-state index contributed by atoms with van der Waals surface area (Å²) in [5.74, 6) is 1.10. The molecule has 0 aliphatic carbocycles. The number of likely N-dealkylation sites (tertiary alicyclic amines) is 1. The van der Waals surface area contributed by atoms with Crippen molar-refractivity contribution in [3.05, 3.63) is 36.3 Å². The molecule has 4 heterocycles. The fraction of sp³-hybridized carbons (Fsp3) is 0.500. The second-order valence-electron chi connectivity index (χ2n) is 6.30. The van der Waals surface area contributed by atoms with Crippen molar-refractivity contribution in [2.75, 3.05) is 44.2 Å². The first-order valence-electron chi connectivity index (χ1n) is 8.35. The molecule has 0 aromatic carbocycles. The van der Waals surface area contributed by atoms with E-state index in [0.717, 1.165) is 32.1 Å². The zero-order valence-corrected chi connectivity index (χ0v) is 13.8. The molecule has 25 heavy (non-hydrogen) atoms. The van der Waals surface area contributed by atoms with Crippen LogP contribution in [0.1, 0.15) is 16.4 Å². The summed E-state index contributed by atoms with van der Waals surface area (Å²) >= 11 is 0. The van der Waals surface area contributed by atoms with Crippen LogP contribution in [-0.4, -0.2) is 81.1 Å². The van der Waals surface area contributed by atoms with E-state index in [-0.39, 0.29) is 5.91 Å². The molecule has 0 unspecified atom stereocenters. The van der Waals surface area contributed by atoms with Crippen molar-refractivity contribution in [3.63, 3.8) is 0 Å². The number of aliphatic hydroxyl groups is 1. The lowest BCUT2D eigenvalue weighted by molar-refractivity contribution is 0.00549. The molecule has 0 bridgehead atoms. The SMILES string of the molecule is O=C(c1coc(CN2CCN(c3ncccn3)CC2)n1)N1CC(O)C1. The molecule has 0 spiro atoms. The summed E-state index contributed by atoms with van der Waals surface area (Å²) in [6.45, 7) is 4.67. The maximum absolute atomic E-state index is 12.1. The Labute approximate surface area is 144 Å². The van der Waals surface area contributed by atoms with E-state index in [1.165, 1.54) is 6.26 Å². The second kappa shape index (κ2) is 6.77. The summed E-state index contributed by atoms with van der Waals surface area (Å²) in [7, 11) is 0. The molecule has 0 radical (unpaired) electrons. The number of hydrogen-bond acceptors (Lipinski definition) is 8. The van der Waals surface area contributed by atoms with E-state index >= 15 is 0 Å². The molecule has 2 aliphatic rings. The van der Waals surface area contributed by atoms with Crippen LogP contribution in [0.5, 0.6) is 0 Å². The fourth-order valence-corrected chi connectivity index (χ4v) is 3.02. The van der Waals surface area contributed by atoms with Crippen LogP contribution in [0.3, 0.4) is 0 Å². The zero-order chi connectivity index (χ0) is 17.2. The monoisotopic (exact) mass is 344 g/mol. The van der Waals surface area contributed by atoms with E-state index in [9.17, 15) is 9.90 Å². The number of oxazole rings is 1. The third-order valence-electron chi connectivity index (χ3n) is 4.49. The van der Waals surface area contributed by atoms with E-state index < -0.39 is 6.10 Å². The minimum absolute atomic E-state index is 0.189. The number of amides is 1. The number of aromatic nitrogens is 3. The van der Waals surface area contributed by atoms with Gasteiger partial charge >= 0.3 is 0 Å². The Bertz CT molecular complexity index is 722. The Kier molecular flexibility index (Phi) is 4.33. The maximum atomic E-state index is 12.1. The van der Waals surface area contributed by atoms with Crippen molar-refractivity contribution in [3.8, 4) is 0 Å². The normalized spacial score (nSPS) is 19.1. The molecule has 2 aliphatic heterocycles. The third-order valence-corrected chi connectivity index (χ3v) is 4.49. The van der Waals surface area contributed by atoms with Crippen molar-refractivity contribution in [1.29, 1.82) is 0 Å². The summed E-state index contributed by atoms with van der Waals surface area (Å²) < 4.78 is 5.44. The molecule has 2 fully saturated rings. The Hall–Kier alpha value is -2.52. The van der Waals surface area contributed by atoms with Gasteiger partial charge in [-0.05, 0) is 6.07 Å². The smallest absolute Gasteiger partial charge is 0.275 e. The van der Waals surface area contributed by atoms with E-state index in [2.05, 4.69) is 24.8 Å². The molecule has 9 heteroatoms. The molecule has 9 nitrogen and oxygen atoms in total. The number of rotatable bonds is 4. The molecule has 0 atom stereocenters. The van der Waals surface area contributed by atoms with E-state index in [1.54, 1.807) is 17.3 Å². The van der Waals surface area contributed by atoms with Gasteiger partial charge in [-0.3, -0.25) is 9.69 Å². The van der Waals surface area contributed by atoms with Crippen LogP contribution in [0.25, 0.3) is 0 Å². The quantitative estimate of drug-likeness (QED) is 0.800. The number of hydrogen-bond donors (Lipinski definition) is 1. The molecule has 132 valence electrons. The Balaban J connectivity index is 1.30. The molecular formula is C16H20N6O3. The Morgan fingerprint density at radius 1 is 1.20 bits per heavy atom. The lowest BCUT2D eigenvalue weighted by Crippen LogP contribution is -2.53. The van der Waals surface area contributed by atoms with Gasteiger partial charge in [0.1, 0.15) is 6.26 Å². The Morgan fingerprint density at radius 2 is 1.92 bits per heavy atom. The molecule has 2 saturated heterocycles. The van der Waals surface area contributed by atoms with Crippen LogP contribution < -0.4 is 4.90 Å². The number of nitrogens with zero attached hydrogens (tertiary/aromatic N) is 6. The van der Waals surface area contributed by atoms with E-state index in [1.807, 2.05) is 6.07 Å². The first-order chi connectivity index (χ1) is 12.2. The van der Waals surface area contributed by atoms with Gasteiger partial charge in [-0.2, -0.15) is 0 Å². The first kappa shape index (κ1) is 16.0. The van der Waals surface area contributed by atoms with E-state index in [4.69, 9.17) is 4.42 Å². The summed E-state index contributed by atoms with van der Waals surface area (Å²) in [5, 5.41) is 9.28. The largest absolute Gasteiger partial charge is 0.447 e. The van der Waals surface area contributed by atoms with Crippen molar-refractivity contribution >= 4 is 11.9 Å². The van der Waals surface area contributed by atoms with Crippen LogP contribution in [0.15, 0.2) is 29.1 Å². The van der Waals surface area contributed by atoms with Gasteiger partial charge < -0.3 is 19.3 Å². The maximum Gasteiger partial charge on any atom is 0.275 e. The third kappa shape index (κ3) is 3.47. The number of β-amino-alcohol motifs (C(OH)–C–C–N with tert-alkyl or cyclic N) is 1. The highest BCUT2D eigenvalue weighted by Gasteiger charge is 2.31. The van der Waals surface area contributed by atoms with Crippen molar-refractivity contribution < 1.29 is 14.3 Å². The predicted octanol–water partition coefficient (Wildman–Crippen LogP) is -0.397. The van der Waals surface area contributed by atoms with E-state index in [0.29, 0.717) is 31.2 Å². The van der Waals surface area contributed by atoms with Gasteiger partial charge in [0.05, 0.1) is 12.6 Å². The van der Waals surface area contributed by atoms with Crippen LogP contribution in [-0.2, 0) is 6.54 Å². The number of carbonyl (C=O) groups excluding carboxylic acids is 1. The van der Waals surface area contributed by atoms with Crippen molar-refractivity contribution in [1.82, 2.24) is 24.8 Å². The van der Waals surface area contributed by atoms with Gasteiger partial charge in [-0.1, -0.05) is 0 Å². The highest BCUT2D eigenvalue weighted by Crippen LogP contribution is 2.15. The highest BCUT2D eigenvalue weighted by atomic mass is 16.3. The topological polar surface area (TPSA) is 98.8 Å². The summed E-state index contributed by atoms with van der Waals surface area (Å²) in [6.07, 6.45) is 4.48. The molecule has 0 saturated carbocycles. The van der Waals surface area contributed by atoms with Crippen LogP contribution in [0.2, 0.25) is 0 Å². The van der Waals surface area contributed by atoms with Gasteiger partial charge in [-0.15, -0.1) is 0 Å². The summed E-state index contributed by atoms with van der Waals surface area (Å²) in [5.41, 5.74) is 0.304. The van der Waals surface area contributed by atoms with Crippen molar-refractivity contribution in [2.24, 2.45) is 0 Å². The fourth-order valence-electron chi connectivity index (χ4n) is 3.02. The number of piperazine rings is 1. The van der Waals surface area contributed by atoms with Gasteiger partial charge in [0.2, 0.25) is 11.8 Å². The summed E-state index contributed by atoms with van der Waals surface area (Å²) in [4.78, 5) is 30.9. The first-order valence-corrected chi connectivity index (χ1v) is 8.35. The average molecular weight is 344 g/mol. The minimum atomic E-state index is -0.416. The van der Waals surface area contributed by atoms with Gasteiger partial charge in [0.25, 0.3) is 5.91 Å².